The van der Waals surface area contributed by atoms with E-state index >= 15 is 0 Å². The number of rotatable bonds is 6. The topological polar surface area (TPSA) is 27.7 Å². The quantitative estimate of drug-likeness (QED) is 0.299. The van der Waals surface area contributed by atoms with E-state index in [9.17, 15) is 0 Å². The molecule has 4 rings (SSSR count). The fraction of sp³-hybridized carbons (Fsp3) is 0.793. The molecule has 0 N–H and O–H groups in total. The fourth-order valence-electron chi connectivity index (χ4n) is 8.07. The average molecular weight is 567 g/mol. The lowest BCUT2D eigenvalue weighted by atomic mass is 9.48. The Balaban J connectivity index is 1.80. The zero-order chi connectivity index (χ0) is 27.1. The van der Waals surface area contributed by atoms with Crippen molar-refractivity contribution in [2.45, 2.75) is 117 Å². The van der Waals surface area contributed by atoms with E-state index in [1.54, 1.807) is 0 Å². The third kappa shape index (κ3) is 5.03. The second-order valence-corrected chi connectivity index (χ2v) is 29.2. The summed E-state index contributed by atoms with van der Waals surface area (Å²) in [5, 5.41) is 0.792. The van der Waals surface area contributed by atoms with Gasteiger partial charge in [-0.25, -0.2) is 0 Å². The van der Waals surface area contributed by atoms with Crippen molar-refractivity contribution < 1.29 is 13.3 Å². The van der Waals surface area contributed by atoms with Gasteiger partial charge in [-0.15, -0.1) is 0 Å². The van der Waals surface area contributed by atoms with Crippen molar-refractivity contribution in [1.82, 2.24) is 0 Å². The SMILES string of the molecule is CC12C=CC(O[Si](C)(C)C)=C(Cl)C1=C(O[Si](C)(C)C)CC1C2CCC2(C)C1CC[C@]2(C)O[Si](C)(C)C. The molecule has 0 aromatic rings. The zero-order valence-corrected chi connectivity index (χ0v) is 28.8. The first-order chi connectivity index (χ1) is 16.2. The highest BCUT2D eigenvalue weighted by molar-refractivity contribution is 6.70. The van der Waals surface area contributed by atoms with Crippen LogP contribution in [-0.2, 0) is 13.3 Å². The van der Waals surface area contributed by atoms with Gasteiger partial charge in [-0.05, 0) is 121 Å². The molecule has 0 amide bonds. The molecule has 4 aliphatic rings. The maximum atomic E-state index is 7.25. The maximum Gasteiger partial charge on any atom is 0.242 e. The van der Waals surface area contributed by atoms with Gasteiger partial charge in [0.25, 0.3) is 0 Å². The van der Waals surface area contributed by atoms with Crippen molar-refractivity contribution >= 4 is 36.6 Å². The molecule has 0 aromatic carbocycles. The van der Waals surface area contributed by atoms with E-state index in [1.807, 2.05) is 0 Å². The van der Waals surface area contributed by atoms with Crippen LogP contribution in [0.1, 0.15) is 52.9 Å². The molecule has 0 aliphatic heterocycles. The molecule has 7 heteroatoms. The summed E-state index contributed by atoms with van der Waals surface area (Å²) in [4.78, 5) is 0. The second kappa shape index (κ2) is 8.87. The molecule has 0 spiro atoms. The Hall–Kier alpha value is -0.279. The van der Waals surface area contributed by atoms with Crippen LogP contribution in [0.5, 0.6) is 0 Å². The summed E-state index contributed by atoms with van der Waals surface area (Å²) in [5.41, 5.74) is 1.26. The molecular formula is C29H51ClO3Si3. The normalized spacial score (nSPS) is 39.1. The smallest absolute Gasteiger partial charge is 0.242 e. The predicted molar refractivity (Wildman–Crippen MR) is 161 cm³/mol. The lowest BCUT2D eigenvalue weighted by Crippen LogP contribution is -2.56. The maximum absolute atomic E-state index is 7.25. The molecule has 0 heterocycles. The van der Waals surface area contributed by atoms with Crippen LogP contribution in [0.2, 0.25) is 58.9 Å². The summed E-state index contributed by atoms with van der Waals surface area (Å²) >= 11 is 7.25. The first kappa shape index (κ1) is 28.7. The minimum Gasteiger partial charge on any atom is -0.547 e. The van der Waals surface area contributed by atoms with E-state index in [4.69, 9.17) is 24.9 Å². The summed E-state index contributed by atoms with van der Waals surface area (Å²) in [6.07, 6.45) is 10.4. The van der Waals surface area contributed by atoms with Crippen LogP contribution in [0.3, 0.4) is 0 Å². The monoisotopic (exact) mass is 566 g/mol. The molecule has 4 aliphatic carbocycles. The summed E-state index contributed by atoms with van der Waals surface area (Å²) < 4.78 is 20.4. The lowest BCUT2D eigenvalue weighted by molar-refractivity contribution is -0.0996. The van der Waals surface area contributed by atoms with Crippen LogP contribution in [0.4, 0.5) is 0 Å². The van der Waals surface area contributed by atoms with Crippen molar-refractivity contribution in [1.29, 1.82) is 0 Å². The number of hydrogen-bond donors (Lipinski definition) is 0. The Morgan fingerprint density at radius 3 is 1.94 bits per heavy atom. The molecule has 2 saturated carbocycles. The van der Waals surface area contributed by atoms with Gasteiger partial charge in [0.1, 0.15) is 5.76 Å². The Bertz CT molecular complexity index is 999. The van der Waals surface area contributed by atoms with E-state index in [-0.39, 0.29) is 16.4 Å². The van der Waals surface area contributed by atoms with Gasteiger partial charge in [-0.2, -0.15) is 0 Å². The lowest BCUT2D eigenvalue weighted by Gasteiger charge is -2.59. The van der Waals surface area contributed by atoms with Crippen molar-refractivity contribution in [3.8, 4) is 0 Å². The van der Waals surface area contributed by atoms with Gasteiger partial charge in [0.05, 0.1) is 16.4 Å². The van der Waals surface area contributed by atoms with E-state index in [0.29, 0.717) is 17.8 Å². The molecule has 204 valence electrons. The van der Waals surface area contributed by atoms with Crippen LogP contribution in [0.25, 0.3) is 0 Å². The predicted octanol–water partition coefficient (Wildman–Crippen LogP) is 9.43. The Morgan fingerprint density at radius 1 is 0.806 bits per heavy atom. The van der Waals surface area contributed by atoms with Gasteiger partial charge in [0, 0.05) is 17.4 Å². The van der Waals surface area contributed by atoms with Crippen molar-refractivity contribution in [2.75, 3.05) is 0 Å². The molecule has 2 fully saturated rings. The highest BCUT2D eigenvalue weighted by atomic mass is 35.5. The molecule has 3 nitrogen and oxygen atoms in total. The number of allylic oxidation sites excluding steroid dienone is 5. The van der Waals surface area contributed by atoms with Crippen molar-refractivity contribution in [3.05, 3.63) is 34.3 Å². The average Bonchev–Trinajstić information content (AvgIpc) is 2.91. The van der Waals surface area contributed by atoms with Gasteiger partial charge in [0.2, 0.25) is 16.6 Å². The molecule has 36 heavy (non-hydrogen) atoms. The van der Waals surface area contributed by atoms with Gasteiger partial charge in [0.15, 0.2) is 8.32 Å². The van der Waals surface area contributed by atoms with Gasteiger partial charge < -0.3 is 13.3 Å². The highest BCUT2D eigenvalue weighted by Crippen LogP contribution is 2.69. The van der Waals surface area contributed by atoms with Crippen LogP contribution in [0, 0.1) is 28.6 Å². The third-order valence-electron chi connectivity index (χ3n) is 9.37. The molecular weight excluding hydrogens is 516 g/mol. The zero-order valence-electron chi connectivity index (χ0n) is 25.0. The van der Waals surface area contributed by atoms with E-state index in [2.05, 4.69) is 91.8 Å². The minimum atomic E-state index is -1.84. The van der Waals surface area contributed by atoms with Gasteiger partial charge in [-0.3, -0.25) is 0 Å². The van der Waals surface area contributed by atoms with Crippen LogP contribution in [-0.4, -0.2) is 30.6 Å². The molecule has 0 radical (unpaired) electrons. The standard InChI is InChI=1S/C29H51ClO3Si3/c1-27-16-15-23(31-34(4,5)6)26(30)25(27)24(32-35(7,8)9)19-20-21(27)13-17-28(2)22(20)14-18-29(28,3)33-36(10,11)12/h15-16,20-22H,13-14,17-19H2,1-12H3/t20?,21?,22?,27?,28?,29-/m0/s1. The third-order valence-corrected chi connectivity index (χ3v) is 12.5. The Labute approximate surface area is 229 Å². The number of halogens is 1. The van der Waals surface area contributed by atoms with Gasteiger partial charge in [-0.1, -0.05) is 31.5 Å². The molecule has 6 atom stereocenters. The first-order valence-corrected chi connectivity index (χ1v) is 24.7. The van der Waals surface area contributed by atoms with Gasteiger partial charge >= 0.3 is 0 Å². The van der Waals surface area contributed by atoms with E-state index < -0.39 is 25.0 Å². The minimum absolute atomic E-state index is 0.0316. The molecule has 0 saturated heterocycles. The Morgan fingerprint density at radius 2 is 1.39 bits per heavy atom. The van der Waals surface area contributed by atoms with Crippen LogP contribution in [0.15, 0.2) is 34.3 Å². The molecule has 0 bridgehead atoms. The van der Waals surface area contributed by atoms with Crippen LogP contribution >= 0.6 is 11.6 Å². The fourth-order valence-corrected chi connectivity index (χ4v) is 12.0. The van der Waals surface area contributed by atoms with E-state index in [1.165, 1.54) is 31.3 Å². The summed E-state index contributed by atoms with van der Waals surface area (Å²) in [7, 11) is -5.29. The largest absolute Gasteiger partial charge is 0.547 e. The highest BCUT2D eigenvalue weighted by Gasteiger charge is 2.64. The summed E-state index contributed by atoms with van der Waals surface area (Å²) in [6, 6.07) is 0. The summed E-state index contributed by atoms with van der Waals surface area (Å²) in [6.45, 7) is 28.0. The Kier molecular flexibility index (Phi) is 7.08. The van der Waals surface area contributed by atoms with E-state index in [0.717, 1.165) is 23.0 Å². The van der Waals surface area contributed by atoms with Crippen LogP contribution < -0.4 is 0 Å². The molecule has 5 unspecified atom stereocenters. The first-order valence-electron chi connectivity index (χ1n) is 14.1. The molecule has 0 aromatic heterocycles. The van der Waals surface area contributed by atoms with Crippen molar-refractivity contribution in [2.24, 2.45) is 28.6 Å². The van der Waals surface area contributed by atoms with Crippen molar-refractivity contribution in [3.63, 3.8) is 0 Å². The second-order valence-electron chi connectivity index (χ2n) is 15.5. The summed E-state index contributed by atoms with van der Waals surface area (Å²) in [5.74, 6) is 3.78. The number of hydrogen-bond acceptors (Lipinski definition) is 3. The number of fused-ring (bicyclic) bond motifs is 5.